The van der Waals surface area contributed by atoms with Crippen molar-refractivity contribution in [3.63, 3.8) is 0 Å². The van der Waals surface area contributed by atoms with Crippen molar-refractivity contribution in [3.05, 3.63) is 80.1 Å². The van der Waals surface area contributed by atoms with Crippen molar-refractivity contribution in [2.45, 2.75) is 6.73 Å². The molecule has 0 saturated heterocycles. The van der Waals surface area contributed by atoms with Crippen LogP contribution in [0.5, 0.6) is 5.75 Å². The second kappa shape index (κ2) is 8.60. The predicted octanol–water partition coefficient (Wildman–Crippen LogP) is 4.26. The zero-order valence-corrected chi connectivity index (χ0v) is 16.0. The van der Waals surface area contributed by atoms with Crippen LogP contribution in [0.25, 0.3) is 0 Å². The SMILES string of the molecule is N#Cc1cc([N+](=O)[O-])ccc1NC(=O)c1ccn(COc2ccc(Cl)cc2Cl)n1. The molecule has 2 aromatic carbocycles. The molecule has 0 spiro atoms. The highest BCUT2D eigenvalue weighted by molar-refractivity contribution is 6.35. The van der Waals surface area contributed by atoms with Crippen LogP contribution in [0.1, 0.15) is 16.1 Å². The summed E-state index contributed by atoms with van der Waals surface area (Å²) < 4.78 is 6.91. The Labute approximate surface area is 174 Å². The number of nitro benzene ring substituents is 1. The highest BCUT2D eigenvalue weighted by Gasteiger charge is 2.15. The maximum Gasteiger partial charge on any atom is 0.276 e. The van der Waals surface area contributed by atoms with Gasteiger partial charge in [-0.1, -0.05) is 23.2 Å². The van der Waals surface area contributed by atoms with Crippen LogP contribution in [0.2, 0.25) is 10.0 Å². The van der Waals surface area contributed by atoms with Gasteiger partial charge in [0.15, 0.2) is 12.4 Å². The number of amides is 1. The molecule has 0 bridgehead atoms. The minimum absolute atomic E-state index is 0.00436. The van der Waals surface area contributed by atoms with Crippen molar-refractivity contribution in [1.29, 1.82) is 5.26 Å². The standard InChI is InChI=1S/C18H11Cl2N5O4/c19-12-1-4-17(14(20)8-12)29-10-24-6-5-16(23-24)18(26)22-15-3-2-13(25(27)28)7-11(15)9-21/h1-8H,10H2,(H,22,26). The molecule has 0 fully saturated rings. The molecule has 1 N–H and O–H groups in total. The van der Waals surface area contributed by atoms with Gasteiger partial charge in [0.2, 0.25) is 0 Å². The van der Waals surface area contributed by atoms with E-state index in [0.717, 1.165) is 6.07 Å². The molecule has 0 radical (unpaired) electrons. The molecule has 0 atom stereocenters. The molecule has 11 heteroatoms. The van der Waals surface area contributed by atoms with Crippen LogP contribution in [0.4, 0.5) is 11.4 Å². The molecule has 0 aliphatic carbocycles. The zero-order valence-electron chi connectivity index (χ0n) is 14.5. The van der Waals surface area contributed by atoms with Crippen LogP contribution >= 0.6 is 23.2 Å². The van der Waals surface area contributed by atoms with Gasteiger partial charge in [0.05, 0.1) is 21.2 Å². The topological polar surface area (TPSA) is 123 Å². The Morgan fingerprint density at radius 2 is 2.07 bits per heavy atom. The Hall–Kier alpha value is -3.61. The summed E-state index contributed by atoms with van der Waals surface area (Å²) in [6.07, 6.45) is 1.53. The number of anilines is 1. The van der Waals surface area contributed by atoms with Crippen LogP contribution in [0, 0.1) is 21.4 Å². The van der Waals surface area contributed by atoms with Gasteiger partial charge >= 0.3 is 0 Å². The molecule has 3 rings (SSSR count). The monoisotopic (exact) mass is 431 g/mol. The number of benzene rings is 2. The lowest BCUT2D eigenvalue weighted by Crippen LogP contribution is -2.15. The fourth-order valence-corrected chi connectivity index (χ4v) is 2.78. The van der Waals surface area contributed by atoms with Gasteiger partial charge in [-0.15, -0.1) is 0 Å². The number of nitriles is 1. The fourth-order valence-electron chi connectivity index (χ4n) is 2.32. The molecule has 29 heavy (non-hydrogen) atoms. The Morgan fingerprint density at radius 3 is 2.76 bits per heavy atom. The number of hydrogen-bond acceptors (Lipinski definition) is 6. The number of aromatic nitrogens is 2. The molecular formula is C18H11Cl2N5O4. The molecular weight excluding hydrogens is 421 g/mol. The van der Waals surface area contributed by atoms with Crippen molar-refractivity contribution >= 4 is 40.5 Å². The van der Waals surface area contributed by atoms with Crippen LogP contribution in [-0.2, 0) is 6.73 Å². The Morgan fingerprint density at radius 1 is 1.28 bits per heavy atom. The summed E-state index contributed by atoms with van der Waals surface area (Å²) in [6, 6.07) is 11.6. The van der Waals surface area contributed by atoms with E-state index >= 15 is 0 Å². The predicted molar refractivity (Wildman–Crippen MR) is 105 cm³/mol. The number of carbonyl (C=O) groups is 1. The minimum atomic E-state index is -0.624. The molecule has 1 amide bonds. The van der Waals surface area contributed by atoms with E-state index in [-0.39, 0.29) is 29.4 Å². The van der Waals surface area contributed by atoms with E-state index in [1.54, 1.807) is 12.1 Å². The first-order valence-electron chi connectivity index (χ1n) is 7.98. The largest absolute Gasteiger partial charge is 0.470 e. The minimum Gasteiger partial charge on any atom is -0.470 e. The molecule has 1 heterocycles. The van der Waals surface area contributed by atoms with Crippen molar-refractivity contribution in [1.82, 2.24) is 9.78 Å². The Kier molecular flexibility index (Phi) is 5.97. The number of nitrogens with one attached hydrogen (secondary N) is 1. The third-order valence-corrected chi connectivity index (χ3v) is 4.23. The number of non-ortho nitro benzene ring substituents is 1. The van der Waals surface area contributed by atoms with E-state index in [4.69, 9.17) is 33.2 Å². The smallest absolute Gasteiger partial charge is 0.276 e. The lowest BCUT2D eigenvalue weighted by Gasteiger charge is -2.08. The van der Waals surface area contributed by atoms with Crippen molar-refractivity contribution in [3.8, 4) is 11.8 Å². The third kappa shape index (κ3) is 4.82. The number of halogens is 2. The van der Waals surface area contributed by atoms with Gasteiger partial charge in [-0.05, 0) is 30.3 Å². The molecule has 0 unspecified atom stereocenters. The molecule has 0 aliphatic rings. The zero-order chi connectivity index (χ0) is 21.0. The highest BCUT2D eigenvalue weighted by atomic mass is 35.5. The summed E-state index contributed by atoms with van der Waals surface area (Å²) in [5.74, 6) is -0.180. The average molecular weight is 432 g/mol. The number of carbonyl (C=O) groups excluding carboxylic acids is 1. The fraction of sp³-hybridized carbons (Fsp3) is 0.0556. The van der Waals surface area contributed by atoms with Gasteiger partial charge in [-0.25, -0.2) is 4.68 Å². The summed E-state index contributed by atoms with van der Waals surface area (Å²) >= 11 is 11.9. The second-order valence-electron chi connectivity index (χ2n) is 5.64. The molecule has 1 aromatic heterocycles. The van der Waals surface area contributed by atoms with E-state index in [0.29, 0.717) is 15.8 Å². The van der Waals surface area contributed by atoms with Crippen molar-refractivity contribution < 1.29 is 14.5 Å². The lowest BCUT2D eigenvalue weighted by atomic mass is 10.1. The molecule has 3 aromatic rings. The molecule has 0 aliphatic heterocycles. The number of rotatable bonds is 6. The average Bonchev–Trinajstić information content (AvgIpc) is 3.16. The lowest BCUT2D eigenvalue weighted by molar-refractivity contribution is -0.384. The second-order valence-corrected chi connectivity index (χ2v) is 6.49. The van der Waals surface area contributed by atoms with Gasteiger partial charge < -0.3 is 10.1 Å². The van der Waals surface area contributed by atoms with Crippen molar-refractivity contribution in [2.24, 2.45) is 0 Å². The van der Waals surface area contributed by atoms with Gasteiger partial charge in [-0.3, -0.25) is 14.9 Å². The van der Waals surface area contributed by atoms with Gasteiger partial charge in [0, 0.05) is 23.4 Å². The maximum absolute atomic E-state index is 12.4. The highest BCUT2D eigenvalue weighted by Crippen LogP contribution is 2.27. The first-order chi connectivity index (χ1) is 13.9. The first-order valence-corrected chi connectivity index (χ1v) is 8.74. The van der Waals surface area contributed by atoms with Crippen LogP contribution in [0.15, 0.2) is 48.7 Å². The Bertz CT molecular complexity index is 1140. The number of nitrogens with zero attached hydrogens (tertiary/aromatic N) is 4. The van der Waals surface area contributed by atoms with E-state index in [2.05, 4.69) is 10.4 Å². The van der Waals surface area contributed by atoms with Gasteiger partial charge in [0.1, 0.15) is 11.8 Å². The van der Waals surface area contributed by atoms with Crippen LogP contribution < -0.4 is 10.1 Å². The van der Waals surface area contributed by atoms with E-state index < -0.39 is 10.8 Å². The van der Waals surface area contributed by atoms with Crippen molar-refractivity contribution in [2.75, 3.05) is 5.32 Å². The summed E-state index contributed by atoms with van der Waals surface area (Å²) in [4.78, 5) is 22.5. The summed E-state index contributed by atoms with van der Waals surface area (Å²) in [7, 11) is 0. The molecule has 146 valence electrons. The Balaban J connectivity index is 1.68. The molecule has 9 nitrogen and oxygen atoms in total. The van der Waals surface area contributed by atoms with Gasteiger partial charge in [0.25, 0.3) is 11.6 Å². The summed E-state index contributed by atoms with van der Waals surface area (Å²) in [5.41, 5.74) is -0.0746. The number of hydrogen-bond donors (Lipinski definition) is 1. The quantitative estimate of drug-likeness (QED) is 0.459. The maximum atomic E-state index is 12.4. The third-order valence-electron chi connectivity index (χ3n) is 3.70. The van der Waals surface area contributed by atoms with Crippen LogP contribution in [-0.4, -0.2) is 20.6 Å². The van der Waals surface area contributed by atoms with E-state index in [9.17, 15) is 14.9 Å². The summed E-state index contributed by atoms with van der Waals surface area (Å²) in [6.45, 7) is -0.00436. The normalized spacial score (nSPS) is 10.2. The summed E-state index contributed by atoms with van der Waals surface area (Å²) in [5, 5.41) is 27.4. The van der Waals surface area contributed by atoms with Gasteiger partial charge in [-0.2, -0.15) is 10.4 Å². The number of ether oxygens (including phenoxy) is 1. The molecule has 0 saturated carbocycles. The van der Waals surface area contributed by atoms with E-state index in [1.807, 2.05) is 6.07 Å². The van der Waals surface area contributed by atoms with Crippen LogP contribution in [0.3, 0.4) is 0 Å². The first kappa shape index (κ1) is 20.1. The van der Waals surface area contributed by atoms with E-state index in [1.165, 1.54) is 35.1 Å². The number of nitro groups is 1.